The van der Waals surface area contributed by atoms with Crippen molar-refractivity contribution in [3.8, 4) is 23.6 Å². The average molecular weight is 280 g/mol. The fourth-order valence-corrected chi connectivity index (χ4v) is 2.57. The van der Waals surface area contributed by atoms with Crippen LogP contribution in [0.3, 0.4) is 0 Å². The summed E-state index contributed by atoms with van der Waals surface area (Å²) in [6.07, 6.45) is 7.37. The van der Waals surface area contributed by atoms with E-state index in [1.54, 1.807) is 11.0 Å². The van der Waals surface area contributed by atoms with Crippen LogP contribution in [-0.2, 0) is 0 Å². The summed E-state index contributed by atoms with van der Waals surface area (Å²) in [4.78, 5) is 14.2. The number of benzene rings is 1. The van der Waals surface area contributed by atoms with Gasteiger partial charge in [-0.2, -0.15) is 0 Å². The number of likely N-dealkylation sites (tertiary alicyclic amines) is 1. The molecule has 0 aliphatic carbocycles. The van der Waals surface area contributed by atoms with E-state index < -0.39 is 0 Å². The molecule has 0 spiro atoms. The fraction of sp³-hybridized carbons (Fsp3) is 0.294. The highest BCUT2D eigenvalue weighted by Crippen LogP contribution is 2.22. The van der Waals surface area contributed by atoms with Gasteiger partial charge in [0.15, 0.2) is 0 Å². The predicted octanol–water partition coefficient (Wildman–Crippen LogP) is 2.83. The van der Waals surface area contributed by atoms with Crippen molar-refractivity contribution in [3.05, 3.63) is 42.2 Å². The SMILES string of the molecule is C#C[C@@H]1CCCN(C(=O)c2cc(-c3ccccc3)no2)C1. The fourth-order valence-electron chi connectivity index (χ4n) is 2.57. The van der Waals surface area contributed by atoms with Crippen LogP contribution in [-0.4, -0.2) is 29.1 Å². The van der Waals surface area contributed by atoms with Gasteiger partial charge in [0, 0.05) is 30.6 Å². The normalized spacial score (nSPS) is 18.2. The molecule has 4 heteroatoms. The highest BCUT2D eigenvalue weighted by atomic mass is 16.5. The third-order valence-electron chi connectivity index (χ3n) is 3.73. The molecule has 2 aromatic rings. The lowest BCUT2D eigenvalue weighted by Crippen LogP contribution is -2.39. The quantitative estimate of drug-likeness (QED) is 0.795. The molecule has 1 aliphatic rings. The summed E-state index contributed by atoms with van der Waals surface area (Å²) in [5.74, 6) is 3.00. The number of hydrogen-bond acceptors (Lipinski definition) is 3. The van der Waals surface area contributed by atoms with Crippen molar-refractivity contribution in [3.63, 3.8) is 0 Å². The van der Waals surface area contributed by atoms with Gasteiger partial charge in [-0.05, 0) is 12.8 Å². The van der Waals surface area contributed by atoms with E-state index in [4.69, 9.17) is 10.9 Å². The van der Waals surface area contributed by atoms with E-state index in [9.17, 15) is 4.79 Å². The maximum Gasteiger partial charge on any atom is 0.292 e. The molecule has 2 heterocycles. The molecular weight excluding hydrogens is 264 g/mol. The Hall–Kier alpha value is -2.54. The van der Waals surface area contributed by atoms with E-state index in [1.165, 1.54) is 0 Å². The van der Waals surface area contributed by atoms with E-state index in [0.717, 1.165) is 24.9 Å². The minimum Gasteiger partial charge on any atom is -0.350 e. The number of nitrogens with zero attached hydrogens (tertiary/aromatic N) is 2. The van der Waals surface area contributed by atoms with Crippen LogP contribution >= 0.6 is 0 Å². The molecule has 0 unspecified atom stereocenters. The monoisotopic (exact) mass is 280 g/mol. The summed E-state index contributed by atoms with van der Waals surface area (Å²) >= 11 is 0. The molecule has 106 valence electrons. The second kappa shape index (κ2) is 5.84. The first-order valence-corrected chi connectivity index (χ1v) is 7.05. The number of carbonyl (C=O) groups excluding carboxylic acids is 1. The molecule has 1 saturated heterocycles. The van der Waals surface area contributed by atoms with Crippen LogP contribution in [0, 0.1) is 18.3 Å². The van der Waals surface area contributed by atoms with Gasteiger partial charge >= 0.3 is 0 Å². The number of amides is 1. The Balaban J connectivity index is 1.77. The maximum atomic E-state index is 12.4. The van der Waals surface area contributed by atoms with Crippen molar-refractivity contribution < 1.29 is 9.32 Å². The maximum absolute atomic E-state index is 12.4. The lowest BCUT2D eigenvalue weighted by atomic mass is 9.99. The first-order chi connectivity index (χ1) is 10.3. The zero-order chi connectivity index (χ0) is 14.7. The Kier molecular flexibility index (Phi) is 3.74. The second-order valence-electron chi connectivity index (χ2n) is 5.20. The van der Waals surface area contributed by atoms with Crippen molar-refractivity contribution in [2.45, 2.75) is 12.8 Å². The highest BCUT2D eigenvalue weighted by molar-refractivity contribution is 5.92. The molecule has 1 amide bonds. The molecule has 1 aliphatic heterocycles. The Labute approximate surface area is 123 Å². The summed E-state index contributed by atoms with van der Waals surface area (Å²) in [5.41, 5.74) is 1.60. The van der Waals surface area contributed by atoms with Gasteiger partial charge in [-0.25, -0.2) is 0 Å². The van der Waals surface area contributed by atoms with E-state index in [2.05, 4.69) is 11.1 Å². The van der Waals surface area contributed by atoms with Gasteiger partial charge in [-0.3, -0.25) is 4.79 Å². The van der Waals surface area contributed by atoms with Gasteiger partial charge < -0.3 is 9.42 Å². The van der Waals surface area contributed by atoms with Crippen molar-refractivity contribution in [1.82, 2.24) is 10.1 Å². The molecule has 1 atom stereocenters. The number of aromatic nitrogens is 1. The number of hydrogen-bond donors (Lipinski definition) is 0. The molecule has 1 aromatic heterocycles. The third-order valence-corrected chi connectivity index (χ3v) is 3.73. The molecule has 0 radical (unpaired) electrons. The summed E-state index contributed by atoms with van der Waals surface area (Å²) in [6.45, 7) is 1.31. The standard InChI is InChI=1S/C17H16N2O2/c1-2-13-7-6-10-19(12-13)17(20)16-11-15(18-21-16)14-8-4-3-5-9-14/h1,3-5,8-9,11,13H,6-7,10,12H2/t13-/m1/s1. The first kappa shape index (κ1) is 13.4. The van der Waals surface area contributed by atoms with Gasteiger partial charge in [-0.15, -0.1) is 12.3 Å². The molecule has 4 nitrogen and oxygen atoms in total. The van der Waals surface area contributed by atoms with Gasteiger partial charge in [0.2, 0.25) is 5.76 Å². The smallest absolute Gasteiger partial charge is 0.292 e. The number of carbonyl (C=O) groups is 1. The Bertz CT molecular complexity index is 670. The van der Waals surface area contributed by atoms with Crippen LogP contribution < -0.4 is 0 Å². The lowest BCUT2D eigenvalue weighted by molar-refractivity contribution is 0.0657. The van der Waals surface area contributed by atoms with Crippen LogP contribution in [0.1, 0.15) is 23.4 Å². The second-order valence-corrected chi connectivity index (χ2v) is 5.20. The van der Waals surface area contributed by atoms with Crippen LogP contribution in [0.15, 0.2) is 40.9 Å². The zero-order valence-corrected chi connectivity index (χ0v) is 11.7. The summed E-state index contributed by atoms with van der Waals surface area (Å²) in [6, 6.07) is 11.3. The van der Waals surface area contributed by atoms with Crippen molar-refractivity contribution in [1.29, 1.82) is 0 Å². The largest absolute Gasteiger partial charge is 0.350 e. The highest BCUT2D eigenvalue weighted by Gasteiger charge is 2.26. The van der Waals surface area contributed by atoms with Crippen LogP contribution in [0.25, 0.3) is 11.3 Å². The molecular formula is C17H16N2O2. The molecule has 0 saturated carbocycles. The number of piperidine rings is 1. The molecule has 1 aromatic carbocycles. The third kappa shape index (κ3) is 2.82. The van der Waals surface area contributed by atoms with E-state index >= 15 is 0 Å². The summed E-state index contributed by atoms with van der Waals surface area (Å²) in [7, 11) is 0. The topological polar surface area (TPSA) is 46.3 Å². The Morgan fingerprint density at radius 2 is 2.19 bits per heavy atom. The van der Waals surface area contributed by atoms with Gasteiger partial charge in [0.05, 0.1) is 0 Å². The summed E-state index contributed by atoms with van der Waals surface area (Å²) in [5, 5.41) is 3.98. The van der Waals surface area contributed by atoms with E-state index in [-0.39, 0.29) is 17.6 Å². The lowest BCUT2D eigenvalue weighted by Gasteiger charge is -2.29. The van der Waals surface area contributed by atoms with Gasteiger partial charge in [0.1, 0.15) is 5.69 Å². The van der Waals surface area contributed by atoms with Gasteiger partial charge in [0.25, 0.3) is 5.91 Å². The average Bonchev–Trinajstić information content (AvgIpc) is 3.05. The van der Waals surface area contributed by atoms with E-state index in [0.29, 0.717) is 12.2 Å². The molecule has 3 rings (SSSR count). The molecule has 0 N–H and O–H groups in total. The minimum absolute atomic E-state index is 0.135. The van der Waals surface area contributed by atoms with Crippen LogP contribution in [0.4, 0.5) is 0 Å². The Morgan fingerprint density at radius 1 is 1.38 bits per heavy atom. The van der Waals surface area contributed by atoms with E-state index in [1.807, 2.05) is 30.3 Å². The minimum atomic E-state index is -0.135. The van der Waals surface area contributed by atoms with Gasteiger partial charge in [-0.1, -0.05) is 35.5 Å². The van der Waals surface area contributed by atoms with Crippen LogP contribution in [0.5, 0.6) is 0 Å². The number of terminal acetylenes is 1. The van der Waals surface area contributed by atoms with Crippen molar-refractivity contribution in [2.75, 3.05) is 13.1 Å². The van der Waals surface area contributed by atoms with Crippen LogP contribution in [0.2, 0.25) is 0 Å². The molecule has 0 bridgehead atoms. The Morgan fingerprint density at radius 3 is 2.95 bits per heavy atom. The predicted molar refractivity (Wildman–Crippen MR) is 79.4 cm³/mol. The first-order valence-electron chi connectivity index (χ1n) is 7.05. The number of rotatable bonds is 2. The zero-order valence-electron chi connectivity index (χ0n) is 11.7. The molecule has 21 heavy (non-hydrogen) atoms. The van der Waals surface area contributed by atoms with Crippen molar-refractivity contribution in [2.24, 2.45) is 5.92 Å². The molecule has 1 fully saturated rings. The van der Waals surface area contributed by atoms with Crippen molar-refractivity contribution >= 4 is 5.91 Å². The summed E-state index contributed by atoms with van der Waals surface area (Å²) < 4.78 is 5.21.